The fourth-order valence-corrected chi connectivity index (χ4v) is 7.67. The number of aromatic nitrogens is 1. The third-order valence-corrected chi connectivity index (χ3v) is 9.32. The minimum Gasteiger partial charge on any atom is -0.504 e. The van der Waals surface area contributed by atoms with Gasteiger partial charge in [-0.15, -0.1) is 0 Å². The van der Waals surface area contributed by atoms with Crippen LogP contribution in [0.1, 0.15) is 71.7 Å². The first kappa shape index (κ1) is 24.3. The number of nitrogens with zero attached hydrogens (tertiary/aromatic N) is 1. The quantitative estimate of drug-likeness (QED) is 0.405. The number of hydrogen-bond donors (Lipinski definition) is 5. The zero-order chi connectivity index (χ0) is 26.3. The van der Waals surface area contributed by atoms with E-state index in [1.54, 1.807) is 6.07 Å². The molecule has 37 heavy (non-hydrogen) atoms. The predicted octanol–water partition coefficient (Wildman–Crippen LogP) is 1.84. The van der Waals surface area contributed by atoms with E-state index in [1.807, 2.05) is 33.8 Å². The van der Waals surface area contributed by atoms with Crippen LogP contribution in [0.5, 0.6) is 11.5 Å². The number of hydrogen-bond acceptors (Lipinski definition) is 6. The summed E-state index contributed by atoms with van der Waals surface area (Å²) in [4.78, 5) is 31.1. The molecule has 2 amide bonds. The Morgan fingerprint density at radius 2 is 2.03 bits per heavy atom. The number of aliphatic hydroxyl groups is 1. The molecule has 2 aromatic rings. The number of phenols is 1. The van der Waals surface area contributed by atoms with Gasteiger partial charge in [0.1, 0.15) is 5.69 Å². The number of ether oxygens (including phenoxy) is 1. The molecule has 1 unspecified atom stereocenters. The molecule has 1 saturated heterocycles. The van der Waals surface area contributed by atoms with Gasteiger partial charge in [-0.3, -0.25) is 14.5 Å². The largest absolute Gasteiger partial charge is 0.504 e. The highest BCUT2D eigenvalue weighted by molar-refractivity contribution is 5.94. The number of aromatic hydroxyl groups is 1. The van der Waals surface area contributed by atoms with Crippen molar-refractivity contribution in [2.75, 3.05) is 26.2 Å². The van der Waals surface area contributed by atoms with Crippen molar-refractivity contribution < 1.29 is 24.5 Å². The number of H-pyrrole nitrogens is 1. The smallest absolute Gasteiger partial charge is 0.267 e. The minimum atomic E-state index is -1.19. The molecule has 0 radical (unpaired) electrons. The number of carbonyl (C=O) groups is 2. The third kappa shape index (κ3) is 3.04. The van der Waals surface area contributed by atoms with Crippen molar-refractivity contribution in [2.24, 2.45) is 5.92 Å². The second-order valence-corrected chi connectivity index (χ2v) is 11.2. The maximum absolute atomic E-state index is 12.9. The average Bonchev–Trinajstić information content (AvgIpc) is 3.37. The van der Waals surface area contributed by atoms with Crippen molar-refractivity contribution in [3.8, 4) is 11.5 Å². The summed E-state index contributed by atoms with van der Waals surface area (Å²) in [5.74, 6) is 0.135. The van der Waals surface area contributed by atoms with Gasteiger partial charge in [0, 0.05) is 43.6 Å². The molecular weight excluding hydrogens is 472 g/mol. The number of phenolic OH excluding ortho intramolecular Hbond substituents is 1. The van der Waals surface area contributed by atoms with Crippen molar-refractivity contribution in [1.29, 1.82) is 0 Å². The lowest BCUT2D eigenvalue weighted by atomic mass is 9.49. The van der Waals surface area contributed by atoms with E-state index in [1.165, 1.54) is 0 Å². The zero-order valence-corrected chi connectivity index (χ0v) is 21.9. The van der Waals surface area contributed by atoms with Crippen molar-refractivity contribution in [3.05, 3.63) is 45.8 Å². The van der Waals surface area contributed by atoms with E-state index in [9.17, 15) is 19.8 Å². The first-order chi connectivity index (χ1) is 17.7. The Balaban J connectivity index is 1.50. The van der Waals surface area contributed by atoms with Gasteiger partial charge < -0.3 is 30.6 Å². The highest BCUT2D eigenvalue weighted by Gasteiger charge is 2.73. The summed E-state index contributed by atoms with van der Waals surface area (Å²) >= 11 is 0. The minimum absolute atomic E-state index is 0.0132. The molecule has 5 N–H and O–H groups in total. The summed E-state index contributed by atoms with van der Waals surface area (Å²) in [5, 5.41) is 29.4. The Kier molecular flexibility index (Phi) is 5.41. The van der Waals surface area contributed by atoms with Crippen LogP contribution in [-0.2, 0) is 23.1 Å². The Morgan fingerprint density at radius 3 is 2.76 bits per heavy atom. The van der Waals surface area contributed by atoms with Gasteiger partial charge in [-0.05, 0) is 62.9 Å². The predicted molar refractivity (Wildman–Crippen MR) is 137 cm³/mol. The molecule has 1 spiro atoms. The van der Waals surface area contributed by atoms with E-state index in [0.29, 0.717) is 56.9 Å². The summed E-state index contributed by atoms with van der Waals surface area (Å²) in [6.45, 7) is 9.99. The van der Waals surface area contributed by atoms with E-state index < -0.39 is 17.1 Å². The molecule has 2 aliphatic carbocycles. The van der Waals surface area contributed by atoms with Crippen LogP contribution < -0.4 is 15.4 Å². The third-order valence-electron chi connectivity index (χ3n) is 9.32. The van der Waals surface area contributed by atoms with Gasteiger partial charge in [0.15, 0.2) is 17.6 Å². The van der Waals surface area contributed by atoms with Crippen LogP contribution in [0.4, 0.5) is 0 Å². The summed E-state index contributed by atoms with van der Waals surface area (Å²) in [7, 11) is 0. The van der Waals surface area contributed by atoms with Crippen LogP contribution in [0.25, 0.3) is 0 Å². The molecule has 4 aliphatic rings. The van der Waals surface area contributed by atoms with Crippen LogP contribution in [-0.4, -0.2) is 69.7 Å². The van der Waals surface area contributed by atoms with Crippen LogP contribution >= 0.6 is 0 Å². The number of carbonyl (C=O) groups excluding carboxylic acids is 2. The highest BCUT2D eigenvalue weighted by atomic mass is 16.5. The fourth-order valence-electron chi connectivity index (χ4n) is 7.67. The molecule has 9 nitrogen and oxygen atoms in total. The Labute approximate surface area is 216 Å². The van der Waals surface area contributed by atoms with Crippen LogP contribution in [0.3, 0.4) is 0 Å². The molecule has 0 saturated carbocycles. The SMILES string of the molecule is CCNC(=O)c1[nH]c2c(c1C)C[C@]1(O)[C@@H]3Cc4ccc(O)c5c4[C@@]1(CCN3CC(C)C(=O)NCC)[C@H]2O5. The molecule has 1 aromatic heterocycles. The number of amides is 2. The zero-order valence-electron chi connectivity index (χ0n) is 21.9. The first-order valence-electron chi connectivity index (χ1n) is 13.4. The standard InChI is InChI=1S/C28H36N4O5/c1-5-29-25(34)14(3)13-32-10-9-27-20-16-7-8-18(33)23(20)37-24(27)22-17(12-28(27,36)19(32)11-16)15(4)21(31-22)26(35)30-6-2/h7-8,14,19,24,31,33,36H,5-6,9-13H2,1-4H3,(H,29,34)(H,30,35)/t14?,19-,24-,27-,28-/m0/s1. The molecule has 5 atom stereocenters. The molecule has 3 heterocycles. The van der Waals surface area contributed by atoms with Gasteiger partial charge in [0.05, 0.1) is 16.7 Å². The summed E-state index contributed by atoms with van der Waals surface area (Å²) < 4.78 is 6.54. The molecule has 2 bridgehead atoms. The van der Waals surface area contributed by atoms with Crippen molar-refractivity contribution in [1.82, 2.24) is 20.5 Å². The second kappa shape index (κ2) is 8.23. The van der Waals surface area contributed by atoms with Crippen LogP contribution in [0.15, 0.2) is 12.1 Å². The van der Waals surface area contributed by atoms with Gasteiger partial charge in [0.25, 0.3) is 5.91 Å². The molecular formula is C28H36N4O5. The molecule has 9 heteroatoms. The number of benzene rings is 1. The fraction of sp³-hybridized carbons (Fsp3) is 0.571. The van der Waals surface area contributed by atoms with E-state index >= 15 is 0 Å². The van der Waals surface area contributed by atoms with E-state index in [4.69, 9.17) is 4.74 Å². The lowest BCUT2D eigenvalue weighted by Crippen LogP contribution is -2.74. The van der Waals surface area contributed by atoms with Crippen molar-refractivity contribution in [2.45, 2.75) is 70.1 Å². The maximum Gasteiger partial charge on any atom is 0.267 e. The maximum atomic E-state index is 12.9. The number of aromatic amines is 1. The number of rotatable bonds is 6. The first-order valence-corrected chi connectivity index (χ1v) is 13.4. The van der Waals surface area contributed by atoms with Gasteiger partial charge in [0.2, 0.25) is 5.91 Å². The number of nitrogens with one attached hydrogen (secondary N) is 3. The normalized spacial score (nSPS) is 29.6. The van der Waals surface area contributed by atoms with Crippen LogP contribution in [0, 0.1) is 12.8 Å². The molecule has 1 aromatic carbocycles. The van der Waals surface area contributed by atoms with Crippen molar-refractivity contribution in [3.63, 3.8) is 0 Å². The van der Waals surface area contributed by atoms with Gasteiger partial charge in [-0.1, -0.05) is 13.0 Å². The molecule has 1 fully saturated rings. The number of piperidine rings is 1. The highest BCUT2D eigenvalue weighted by Crippen LogP contribution is 2.68. The van der Waals surface area contributed by atoms with Gasteiger partial charge in [-0.2, -0.15) is 0 Å². The summed E-state index contributed by atoms with van der Waals surface area (Å²) in [6.07, 6.45) is 1.04. The molecule has 2 aliphatic heterocycles. The van der Waals surface area contributed by atoms with Gasteiger partial charge >= 0.3 is 0 Å². The van der Waals surface area contributed by atoms with Crippen molar-refractivity contribution >= 4 is 11.8 Å². The lowest BCUT2D eigenvalue weighted by Gasteiger charge is -2.63. The summed E-state index contributed by atoms with van der Waals surface area (Å²) in [6, 6.07) is 3.38. The molecule has 198 valence electrons. The van der Waals surface area contributed by atoms with E-state index in [-0.39, 0.29) is 29.5 Å². The molecule has 6 rings (SSSR count). The number of likely N-dealkylation sites (tertiary alicyclic amines) is 1. The topological polar surface area (TPSA) is 127 Å². The lowest BCUT2D eigenvalue weighted by molar-refractivity contribution is -0.175. The second-order valence-electron chi connectivity index (χ2n) is 11.2. The monoisotopic (exact) mass is 508 g/mol. The van der Waals surface area contributed by atoms with E-state index in [0.717, 1.165) is 27.9 Å². The van der Waals surface area contributed by atoms with Crippen LogP contribution in [0.2, 0.25) is 0 Å². The average molecular weight is 509 g/mol. The van der Waals surface area contributed by atoms with E-state index in [2.05, 4.69) is 20.5 Å². The summed E-state index contributed by atoms with van der Waals surface area (Å²) in [5.41, 5.74) is 3.05. The van der Waals surface area contributed by atoms with Gasteiger partial charge in [-0.25, -0.2) is 0 Å². The number of fused-ring (bicyclic) bond motifs is 2. The Morgan fingerprint density at radius 1 is 1.27 bits per heavy atom. The Bertz CT molecular complexity index is 1300. The Hall–Kier alpha value is -3.04.